The molecule has 1 atom stereocenters. The van der Waals surface area contributed by atoms with Crippen molar-refractivity contribution in [3.05, 3.63) is 66.1 Å². The number of likely N-dealkylation sites (tertiary alicyclic amines) is 1. The summed E-state index contributed by atoms with van der Waals surface area (Å²) in [6.45, 7) is 5.25. The lowest BCUT2D eigenvalue weighted by Crippen LogP contribution is -2.49. The molecule has 3 aromatic rings. The van der Waals surface area contributed by atoms with Crippen LogP contribution in [0.15, 0.2) is 59.7 Å². The number of fused-ring (bicyclic) bond motifs is 1. The van der Waals surface area contributed by atoms with E-state index < -0.39 is 0 Å². The molecule has 8 heteroatoms. The fourth-order valence-corrected chi connectivity index (χ4v) is 4.12. The van der Waals surface area contributed by atoms with Gasteiger partial charge in [0.25, 0.3) is 0 Å². The highest BCUT2D eigenvalue weighted by Crippen LogP contribution is 2.23. The molecule has 3 heterocycles. The van der Waals surface area contributed by atoms with E-state index in [-0.39, 0.29) is 24.0 Å². The summed E-state index contributed by atoms with van der Waals surface area (Å²) in [5, 5.41) is 15.5. The third-order valence-electron chi connectivity index (χ3n) is 5.95. The second-order valence-corrected chi connectivity index (χ2v) is 7.84. The Bertz CT molecular complexity index is 964. The van der Waals surface area contributed by atoms with E-state index in [1.807, 2.05) is 35.8 Å². The first kappa shape index (κ1) is 23.5. The van der Waals surface area contributed by atoms with Crippen LogP contribution in [0.3, 0.4) is 0 Å². The minimum absolute atomic E-state index is 0. The maximum Gasteiger partial charge on any atom is 0.191 e. The Kier molecular flexibility index (Phi) is 8.65. The Labute approximate surface area is 201 Å². The zero-order chi connectivity index (χ0) is 20.8. The summed E-state index contributed by atoms with van der Waals surface area (Å²) in [5.41, 5.74) is 2.27. The third-order valence-corrected chi connectivity index (χ3v) is 5.95. The summed E-state index contributed by atoms with van der Waals surface area (Å²) < 4.78 is 2.03. The standard InChI is InChI=1S/C23H31N7.HI/c1-18(19-8-4-3-5-9-19)29-16-12-20(13-17-29)26-23(24-2)25-14-11-22-28-27-21-10-6-7-15-30(21)22;/h3-10,15,18,20H,11-14,16-17H2,1-2H3,(H2,24,25,26);1H. The Morgan fingerprint density at radius 3 is 2.58 bits per heavy atom. The largest absolute Gasteiger partial charge is 0.356 e. The molecule has 2 N–H and O–H groups in total. The first-order chi connectivity index (χ1) is 14.7. The molecule has 0 radical (unpaired) electrons. The van der Waals surface area contributed by atoms with Gasteiger partial charge in [-0.25, -0.2) is 0 Å². The molecule has 1 unspecified atom stereocenters. The van der Waals surface area contributed by atoms with Crippen molar-refractivity contribution in [1.82, 2.24) is 30.1 Å². The maximum atomic E-state index is 4.40. The zero-order valence-corrected chi connectivity index (χ0v) is 20.6. The van der Waals surface area contributed by atoms with E-state index in [1.165, 1.54) is 5.56 Å². The minimum Gasteiger partial charge on any atom is -0.356 e. The van der Waals surface area contributed by atoms with E-state index >= 15 is 0 Å². The summed E-state index contributed by atoms with van der Waals surface area (Å²) in [4.78, 5) is 6.97. The molecule has 0 aliphatic carbocycles. The van der Waals surface area contributed by atoms with Crippen LogP contribution in [-0.4, -0.2) is 58.2 Å². The molecule has 2 aromatic heterocycles. The summed E-state index contributed by atoms with van der Waals surface area (Å²) in [5.74, 6) is 1.81. The Hall–Kier alpha value is -2.20. The normalized spacial score (nSPS) is 16.6. The second-order valence-electron chi connectivity index (χ2n) is 7.84. The van der Waals surface area contributed by atoms with Crippen LogP contribution < -0.4 is 10.6 Å². The Morgan fingerprint density at radius 2 is 1.84 bits per heavy atom. The number of halogens is 1. The van der Waals surface area contributed by atoms with Crippen molar-refractivity contribution >= 4 is 35.6 Å². The summed E-state index contributed by atoms with van der Waals surface area (Å²) in [7, 11) is 1.83. The van der Waals surface area contributed by atoms with Crippen LogP contribution >= 0.6 is 24.0 Å². The van der Waals surface area contributed by atoms with Crippen molar-refractivity contribution in [2.24, 2.45) is 4.99 Å². The van der Waals surface area contributed by atoms with Crippen molar-refractivity contribution < 1.29 is 0 Å². The van der Waals surface area contributed by atoms with Gasteiger partial charge in [-0.3, -0.25) is 14.3 Å². The number of aromatic nitrogens is 3. The lowest BCUT2D eigenvalue weighted by atomic mass is 10.0. The van der Waals surface area contributed by atoms with Crippen molar-refractivity contribution in [1.29, 1.82) is 0 Å². The van der Waals surface area contributed by atoms with Gasteiger partial charge < -0.3 is 10.6 Å². The number of guanidine groups is 1. The number of hydrogen-bond donors (Lipinski definition) is 2. The van der Waals surface area contributed by atoms with E-state index in [9.17, 15) is 0 Å². The van der Waals surface area contributed by atoms with Crippen molar-refractivity contribution in [2.75, 3.05) is 26.7 Å². The number of rotatable bonds is 6. The summed E-state index contributed by atoms with van der Waals surface area (Å²) >= 11 is 0. The molecule has 1 aromatic carbocycles. The molecule has 1 aliphatic rings. The lowest BCUT2D eigenvalue weighted by molar-refractivity contribution is 0.158. The molecule has 0 bridgehead atoms. The van der Waals surface area contributed by atoms with Crippen LogP contribution in [0.2, 0.25) is 0 Å². The molecule has 1 saturated heterocycles. The van der Waals surface area contributed by atoms with E-state index in [2.05, 4.69) is 68.0 Å². The Morgan fingerprint density at radius 1 is 1.10 bits per heavy atom. The second kappa shape index (κ2) is 11.4. The lowest BCUT2D eigenvalue weighted by Gasteiger charge is -2.37. The average Bonchev–Trinajstić information content (AvgIpc) is 3.22. The van der Waals surface area contributed by atoms with Crippen LogP contribution in [0, 0.1) is 0 Å². The number of nitrogens with one attached hydrogen (secondary N) is 2. The average molecular weight is 533 g/mol. The van der Waals surface area contributed by atoms with Gasteiger partial charge in [0.15, 0.2) is 11.6 Å². The quantitative estimate of drug-likeness (QED) is 0.289. The maximum absolute atomic E-state index is 4.40. The Balaban J connectivity index is 0.00000272. The molecule has 31 heavy (non-hydrogen) atoms. The van der Waals surface area contributed by atoms with Crippen molar-refractivity contribution in [3.63, 3.8) is 0 Å². The fraction of sp³-hybridized carbons (Fsp3) is 0.435. The molecule has 0 spiro atoms. The molecule has 0 amide bonds. The van der Waals surface area contributed by atoms with Gasteiger partial charge >= 0.3 is 0 Å². The third kappa shape index (κ3) is 5.94. The number of piperidine rings is 1. The zero-order valence-electron chi connectivity index (χ0n) is 18.2. The molecular weight excluding hydrogens is 501 g/mol. The van der Waals surface area contributed by atoms with E-state index in [0.29, 0.717) is 12.1 Å². The molecule has 1 aliphatic heterocycles. The van der Waals surface area contributed by atoms with Gasteiger partial charge in [0.1, 0.15) is 5.82 Å². The van der Waals surface area contributed by atoms with Crippen LogP contribution in [0.5, 0.6) is 0 Å². The fourth-order valence-electron chi connectivity index (χ4n) is 4.12. The molecule has 166 valence electrons. The first-order valence-corrected chi connectivity index (χ1v) is 10.8. The molecule has 7 nitrogen and oxygen atoms in total. The predicted molar refractivity (Wildman–Crippen MR) is 136 cm³/mol. The van der Waals surface area contributed by atoms with Crippen LogP contribution in [0.1, 0.15) is 37.2 Å². The van der Waals surface area contributed by atoms with Gasteiger partial charge in [0.2, 0.25) is 0 Å². The van der Waals surface area contributed by atoms with E-state index in [4.69, 9.17) is 0 Å². The highest BCUT2D eigenvalue weighted by Gasteiger charge is 2.24. The van der Waals surface area contributed by atoms with Crippen molar-refractivity contribution in [2.45, 2.75) is 38.3 Å². The number of nitrogens with zero attached hydrogens (tertiary/aromatic N) is 5. The highest BCUT2D eigenvalue weighted by atomic mass is 127. The van der Waals surface area contributed by atoms with Crippen LogP contribution in [0.4, 0.5) is 0 Å². The summed E-state index contributed by atoms with van der Waals surface area (Å²) in [6.07, 6.45) is 5.03. The molecule has 4 rings (SSSR count). The van der Waals surface area contributed by atoms with Crippen molar-refractivity contribution in [3.8, 4) is 0 Å². The molecule has 0 saturated carbocycles. The van der Waals surface area contributed by atoms with Gasteiger partial charge in [-0.1, -0.05) is 36.4 Å². The topological polar surface area (TPSA) is 69.8 Å². The van der Waals surface area contributed by atoms with Gasteiger partial charge in [0.05, 0.1) is 0 Å². The number of benzene rings is 1. The number of aliphatic imine (C=N–C) groups is 1. The smallest absolute Gasteiger partial charge is 0.191 e. The van der Waals surface area contributed by atoms with Crippen LogP contribution in [0.25, 0.3) is 5.65 Å². The first-order valence-electron chi connectivity index (χ1n) is 10.8. The monoisotopic (exact) mass is 533 g/mol. The van der Waals surface area contributed by atoms with Gasteiger partial charge in [-0.05, 0) is 37.5 Å². The predicted octanol–water partition coefficient (Wildman–Crippen LogP) is 3.28. The van der Waals surface area contributed by atoms with Gasteiger partial charge in [-0.2, -0.15) is 0 Å². The highest BCUT2D eigenvalue weighted by molar-refractivity contribution is 14.0. The van der Waals surface area contributed by atoms with Crippen LogP contribution in [-0.2, 0) is 6.42 Å². The SMILES string of the molecule is CN=C(NCCc1nnc2ccccn12)NC1CCN(C(C)c2ccccc2)CC1.I. The van der Waals surface area contributed by atoms with Gasteiger partial charge in [-0.15, -0.1) is 34.2 Å². The number of hydrogen-bond acceptors (Lipinski definition) is 4. The minimum atomic E-state index is 0. The molecular formula is C23H32IN7. The van der Waals surface area contributed by atoms with E-state index in [0.717, 1.165) is 56.3 Å². The molecule has 1 fully saturated rings. The van der Waals surface area contributed by atoms with Gasteiger partial charge in [0, 0.05) is 51.4 Å². The number of pyridine rings is 1. The summed E-state index contributed by atoms with van der Waals surface area (Å²) in [6, 6.07) is 17.6. The van der Waals surface area contributed by atoms with E-state index in [1.54, 1.807) is 0 Å².